The summed E-state index contributed by atoms with van der Waals surface area (Å²) in [6.45, 7) is -0.462. The van der Waals surface area contributed by atoms with E-state index in [0.29, 0.717) is 29.8 Å². The van der Waals surface area contributed by atoms with Crippen LogP contribution in [0.4, 0.5) is 0 Å². The number of aromatic hydroxyl groups is 1. The van der Waals surface area contributed by atoms with Crippen LogP contribution in [0.15, 0.2) is 115 Å². The van der Waals surface area contributed by atoms with Crippen molar-refractivity contribution < 1.29 is 67.6 Å². The van der Waals surface area contributed by atoms with Gasteiger partial charge in [-0.25, -0.2) is 9.59 Å². The summed E-state index contributed by atoms with van der Waals surface area (Å²) in [5.74, 6) is -1.82. The van der Waals surface area contributed by atoms with E-state index in [0.717, 1.165) is 22.4 Å². The number of nitrogens with one attached hydrogen (secondary N) is 4. The minimum Gasteiger partial charge on any atom is -0.508 e. The fourth-order valence-electron chi connectivity index (χ4n) is 6.01. The van der Waals surface area contributed by atoms with Gasteiger partial charge in [0.1, 0.15) is 23.6 Å². The second-order valence-electron chi connectivity index (χ2n) is 14.3. The minimum atomic E-state index is -0.930. The molecular weight excluding hydrogens is 953 g/mol. The molecule has 5 N–H and O–H groups in total. The fourth-order valence-corrected chi connectivity index (χ4v) is 6.14. The summed E-state index contributed by atoms with van der Waals surface area (Å²) in [4.78, 5) is 72.2. The van der Waals surface area contributed by atoms with Gasteiger partial charge in [-0.2, -0.15) is 0 Å². The van der Waals surface area contributed by atoms with E-state index in [1.54, 1.807) is 31.4 Å². The molecule has 1 aliphatic carbocycles. The smallest absolute Gasteiger partial charge is 0.508 e. The maximum Gasteiger partial charge on any atom is 2.00 e. The molecule has 66 heavy (non-hydrogen) atoms. The molecular formula is C50H63ClN4O10Ru. The summed E-state index contributed by atoms with van der Waals surface area (Å²) in [5.41, 5.74) is 3.52. The molecule has 0 saturated heterocycles. The number of phenolic OH excluding ortho intramolecular Hbond substituents is 1. The number of hydrogen-bond donors (Lipinski definition) is 5. The summed E-state index contributed by atoms with van der Waals surface area (Å²) in [5, 5.41) is 20.4. The molecule has 4 aromatic rings. The Bertz CT molecular complexity index is 2080. The number of ether oxygens (including phenoxy) is 3. The molecule has 4 amide bonds. The molecule has 0 fully saturated rings. The number of carbonyl (C=O) groups is 6. The van der Waals surface area contributed by atoms with Crippen LogP contribution < -0.4 is 26.0 Å². The predicted molar refractivity (Wildman–Crippen MR) is 253 cm³/mol. The molecule has 16 heteroatoms. The van der Waals surface area contributed by atoms with E-state index in [9.17, 15) is 33.9 Å². The van der Waals surface area contributed by atoms with Gasteiger partial charge < -0.3 is 55.4 Å². The summed E-state index contributed by atoms with van der Waals surface area (Å²) >= 11 is 5.82. The number of methoxy groups -OCH3 is 3. The van der Waals surface area contributed by atoms with Gasteiger partial charge in [0.15, 0.2) is 0 Å². The Morgan fingerprint density at radius 2 is 1.05 bits per heavy atom. The maximum absolute atomic E-state index is 12.2. The number of carbonyl (C=O) groups excluding carboxylic acids is 6. The second kappa shape index (κ2) is 34.3. The van der Waals surface area contributed by atoms with Crippen molar-refractivity contribution in [3.8, 4) is 11.5 Å². The SMILES string of the molecule is C1=CCCC1.COC(=O)C(Cc1cccc(O)c1)NC(=O)CNC(=O)CCc1ccc(Cl)cc1.COC(=O)C(Cc1ccccc1)NC(=O)CNC(=O)CCc1ccc(OC)cc1.[CH3-].[CH3-].[Ru+2]. The Hall–Kier alpha value is -6.05. The van der Waals surface area contributed by atoms with E-state index in [-0.39, 0.29) is 84.2 Å². The zero-order valence-electron chi connectivity index (χ0n) is 38.3. The molecule has 0 spiro atoms. The molecule has 2 atom stereocenters. The van der Waals surface area contributed by atoms with Gasteiger partial charge >= 0.3 is 31.4 Å². The summed E-state index contributed by atoms with van der Waals surface area (Å²) in [6.07, 6.45) is 10.5. The van der Waals surface area contributed by atoms with Crippen LogP contribution in [0.5, 0.6) is 11.5 Å². The Labute approximate surface area is 407 Å². The summed E-state index contributed by atoms with van der Waals surface area (Å²) in [6, 6.07) is 28.6. The maximum atomic E-state index is 12.2. The monoisotopic (exact) mass is 1020 g/mol. The van der Waals surface area contributed by atoms with Crippen molar-refractivity contribution in [2.75, 3.05) is 34.4 Å². The minimum absolute atomic E-state index is 0. The molecule has 2 unspecified atom stereocenters. The number of esters is 2. The van der Waals surface area contributed by atoms with Gasteiger partial charge in [-0.3, -0.25) is 19.2 Å². The summed E-state index contributed by atoms with van der Waals surface area (Å²) in [7, 11) is 4.09. The Morgan fingerprint density at radius 1 is 0.591 bits per heavy atom. The van der Waals surface area contributed by atoms with Crippen LogP contribution in [0.25, 0.3) is 0 Å². The molecule has 1 aliphatic rings. The van der Waals surface area contributed by atoms with Crippen LogP contribution >= 0.6 is 11.6 Å². The van der Waals surface area contributed by atoms with Crippen LogP contribution in [0.3, 0.4) is 0 Å². The topological polar surface area (TPSA) is 198 Å². The van der Waals surface area contributed by atoms with Crippen LogP contribution in [-0.2, 0) is 83.4 Å². The average Bonchev–Trinajstić information content (AvgIpc) is 3.90. The largest absolute Gasteiger partial charge is 2.00 e. The quantitative estimate of drug-likeness (QED) is 0.0309. The average molecular weight is 1020 g/mol. The van der Waals surface area contributed by atoms with Crippen LogP contribution in [0, 0.1) is 14.9 Å². The zero-order valence-corrected chi connectivity index (χ0v) is 40.7. The third-order valence-corrected chi connectivity index (χ3v) is 9.68. The normalized spacial score (nSPS) is 11.5. The first kappa shape index (κ1) is 60.0. The van der Waals surface area contributed by atoms with Crippen molar-refractivity contribution in [2.24, 2.45) is 0 Å². The number of amides is 4. The number of rotatable bonds is 19. The van der Waals surface area contributed by atoms with E-state index >= 15 is 0 Å². The van der Waals surface area contributed by atoms with Gasteiger partial charge in [-0.15, -0.1) is 0 Å². The van der Waals surface area contributed by atoms with Crippen LogP contribution in [-0.4, -0.2) is 87.2 Å². The van der Waals surface area contributed by atoms with Crippen molar-refractivity contribution in [2.45, 2.75) is 69.9 Å². The standard InChI is InChI=1S/C22H26N2O5.C21H23ClN2O5.C5H8.2CH3.Ru/c1-28-18-11-8-16(9-12-18)10-13-20(25)23-15-21(26)24-19(22(27)29-2)14-17-6-4-3-5-7-17;1-29-21(28)18(12-15-3-2-4-17(25)11-15)24-20(27)13-23-19(26)10-7-14-5-8-16(22)9-6-14;1-2-4-5-3-1;;;/h3-9,11-12,19H,10,13-15H2,1-2H3,(H,23,25)(H,24,26);2-6,8-9,11,18,25H,7,10,12-13H2,1H3,(H,23,26)(H,24,27);1-2H,3-5H2;2*1H3;/q;;;2*-1;+2. The molecule has 0 aromatic heterocycles. The molecule has 4 aromatic carbocycles. The van der Waals surface area contributed by atoms with E-state index in [2.05, 4.69) is 33.4 Å². The van der Waals surface area contributed by atoms with Gasteiger partial charge in [-0.1, -0.05) is 90.5 Å². The van der Waals surface area contributed by atoms with Crippen molar-refractivity contribution in [3.05, 3.63) is 157 Å². The van der Waals surface area contributed by atoms with Gasteiger partial charge in [0.05, 0.1) is 34.4 Å². The molecule has 5 rings (SSSR count). The molecule has 0 saturated carbocycles. The number of hydrogen-bond acceptors (Lipinski definition) is 10. The van der Waals surface area contributed by atoms with Crippen LogP contribution in [0.1, 0.15) is 54.4 Å². The first-order valence-corrected chi connectivity index (χ1v) is 20.9. The second-order valence-corrected chi connectivity index (χ2v) is 14.7. The third-order valence-electron chi connectivity index (χ3n) is 9.43. The third kappa shape index (κ3) is 24.9. The van der Waals surface area contributed by atoms with E-state index in [4.69, 9.17) is 25.8 Å². The first-order valence-electron chi connectivity index (χ1n) is 20.5. The fraction of sp³-hybridized carbons (Fsp3) is 0.320. The van der Waals surface area contributed by atoms with Crippen molar-refractivity contribution in [1.82, 2.24) is 21.3 Å². The van der Waals surface area contributed by atoms with Crippen molar-refractivity contribution in [1.29, 1.82) is 0 Å². The number of allylic oxidation sites excluding steroid dienone is 2. The van der Waals surface area contributed by atoms with Gasteiger partial charge in [0, 0.05) is 30.7 Å². The zero-order chi connectivity index (χ0) is 45.8. The van der Waals surface area contributed by atoms with Gasteiger partial charge in [0.25, 0.3) is 0 Å². The molecule has 0 radical (unpaired) electrons. The van der Waals surface area contributed by atoms with Crippen LogP contribution in [0.2, 0.25) is 5.02 Å². The van der Waals surface area contributed by atoms with Crippen molar-refractivity contribution >= 4 is 47.2 Å². The van der Waals surface area contributed by atoms with Gasteiger partial charge in [-0.05, 0) is 90.8 Å². The number of aryl methyl sites for hydroxylation is 2. The van der Waals surface area contributed by atoms with Crippen molar-refractivity contribution in [3.63, 3.8) is 0 Å². The number of phenols is 1. The van der Waals surface area contributed by atoms with E-state index in [1.807, 2.05) is 66.7 Å². The Kier molecular flexibility index (Phi) is 31.2. The predicted octanol–water partition coefficient (Wildman–Crippen LogP) is 6.26. The molecule has 14 nitrogen and oxygen atoms in total. The Balaban J connectivity index is 0.00000111. The molecule has 0 bridgehead atoms. The molecule has 358 valence electrons. The number of halogens is 1. The summed E-state index contributed by atoms with van der Waals surface area (Å²) < 4.78 is 14.6. The molecule has 0 aliphatic heterocycles. The number of benzene rings is 4. The first-order chi connectivity index (χ1) is 30.4. The van der Waals surface area contributed by atoms with Gasteiger partial charge in [0.2, 0.25) is 23.6 Å². The Morgan fingerprint density at radius 3 is 1.47 bits per heavy atom. The van der Waals surface area contributed by atoms with E-state index in [1.165, 1.54) is 45.6 Å². The van der Waals surface area contributed by atoms with E-state index < -0.39 is 35.8 Å². The molecule has 0 heterocycles.